The molecule has 7 nitrogen and oxygen atoms in total. The van der Waals surface area contributed by atoms with Crippen LogP contribution in [0.1, 0.15) is 24.7 Å². The molecule has 0 aliphatic carbocycles. The van der Waals surface area contributed by atoms with Gasteiger partial charge >= 0.3 is 5.63 Å². The lowest BCUT2D eigenvalue weighted by atomic mass is 10.1. The number of rotatable bonds is 5. The predicted octanol–water partition coefficient (Wildman–Crippen LogP) is 2.13. The molecule has 1 aromatic carbocycles. The third-order valence-corrected chi connectivity index (χ3v) is 4.30. The van der Waals surface area contributed by atoms with Gasteiger partial charge in [0.25, 0.3) is 0 Å². The maximum atomic E-state index is 12.5. The van der Waals surface area contributed by atoms with Crippen LogP contribution in [0.4, 0.5) is 5.69 Å². The lowest BCUT2D eigenvalue weighted by molar-refractivity contribution is -0.129. The highest BCUT2D eigenvalue weighted by Gasteiger charge is 2.27. The molecule has 1 saturated heterocycles. The van der Waals surface area contributed by atoms with E-state index in [0.717, 1.165) is 5.56 Å². The Balaban J connectivity index is 1.54. The van der Waals surface area contributed by atoms with Crippen LogP contribution in [0.5, 0.6) is 5.75 Å². The van der Waals surface area contributed by atoms with Crippen LogP contribution in [0.3, 0.4) is 0 Å². The van der Waals surface area contributed by atoms with Crippen molar-refractivity contribution in [1.82, 2.24) is 4.90 Å². The second-order valence-corrected chi connectivity index (χ2v) is 6.65. The summed E-state index contributed by atoms with van der Waals surface area (Å²) < 4.78 is 10.7. The Morgan fingerprint density at radius 2 is 2.00 bits per heavy atom. The molecule has 2 aromatic rings. The van der Waals surface area contributed by atoms with E-state index in [1.807, 2.05) is 12.1 Å². The molecule has 0 radical (unpaired) electrons. The number of anilines is 1. The maximum Gasteiger partial charge on any atom is 0.339 e. The second-order valence-electron chi connectivity index (χ2n) is 6.65. The van der Waals surface area contributed by atoms with Crippen LogP contribution in [-0.2, 0) is 16.0 Å². The smallest absolute Gasteiger partial charge is 0.339 e. The van der Waals surface area contributed by atoms with E-state index in [9.17, 15) is 14.4 Å². The van der Waals surface area contributed by atoms with Crippen LogP contribution in [0.25, 0.3) is 0 Å². The van der Waals surface area contributed by atoms with Gasteiger partial charge in [0.05, 0.1) is 19.0 Å². The van der Waals surface area contributed by atoms with Crippen molar-refractivity contribution >= 4 is 17.5 Å². The maximum absolute atomic E-state index is 12.5. The number of likely N-dealkylation sites (tertiary alicyclic amines) is 1. The molecule has 0 spiro atoms. The Bertz CT molecular complexity index is 888. The van der Waals surface area contributed by atoms with Crippen molar-refractivity contribution < 1.29 is 18.7 Å². The van der Waals surface area contributed by atoms with E-state index in [-0.39, 0.29) is 17.9 Å². The number of hydrogen-bond donors (Lipinski definition) is 1. The Morgan fingerprint density at radius 1 is 1.26 bits per heavy atom. The highest BCUT2D eigenvalue weighted by molar-refractivity contribution is 5.88. The number of ether oxygens (including phenoxy) is 1. The Labute approximate surface area is 156 Å². The van der Waals surface area contributed by atoms with Gasteiger partial charge in [-0.2, -0.15) is 0 Å². The van der Waals surface area contributed by atoms with Crippen LogP contribution in [0.2, 0.25) is 0 Å². The second kappa shape index (κ2) is 8.07. The van der Waals surface area contributed by atoms with E-state index in [1.165, 1.54) is 13.0 Å². The summed E-state index contributed by atoms with van der Waals surface area (Å²) in [7, 11) is 0. The molecule has 27 heavy (non-hydrogen) atoms. The zero-order chi connectivity index (χ0) is 19.4. The van der Waals surface area contributed by atoms with E-state index in [2.05, 4.69) is 5.32 Å². The number of carbonyl (C=O) groups excluding carboxylic acids is 2. The monoisotopic (exact) mass is 370 g/mol. The van der Waals surface area contributed by atoms with E-state index < -0.39 is 5.63 Å². The number of hydrogen-bond acceptors (Lipinski definition) is 5. The average molecular weight is 370 g/mol. The Kier molecular flexibility index (Phi) is 5.59. The summed E-state index contributed by atoms with van der Waals surface area (Å²) >= 11 is 0. The van der Waals surface area contributed by atoms with E-state index in [4.69, 9.17) is 9.15 Å². The molecule has 0 saturated carbocycles. The molecule has 3 rings (SSSR count). The first-order chi connectivity index (χ1) is 12.9. The summed E-state index contributed by atoms with van der Waals surface area (Å²) in [6, 6.07) is 10.2. The molecular weight excluding hydrogens is 348 g/mol. The minimum absolute atomic E-state index is 0.0251. The summed E-state index contributed by atoms with van der Waals surface area (Å²) in [5.41, 5.74) is 1.14. The zero-order valence-corrected chi connectivity index (χ0v) is 15.4. The van der Waals surface area contributed by atoms with E-state index in [0.29, 0.717) is 43.1 Å². The van der Waals surface area contributed by atoms with Crippen LogP contribution < -0.4 is 15.7 Å². The van der Waals surface area contributed by atoms with E-state index in [1.54, 1.807) is 30.0 Å². The van der Waals surface area contributed by atoms with Crippen molar-refractivity contribution in [2.45, 2.75) is 32.8 Å². The Hall–Kier alpha value is -3.09. The van der Waals surface area contributed by atoms with Gasteiger partial charge in [0, 0.05) is 31.6 Å². The topological polar surface area (TPSA) is 88.8 Å². The van der Waals surface area contributed by atoms with Crippen molar-refractivity contribution in [3.05, 3.63) is 58.1 Å². The van der Waals surface area contributed by atoms with Crippen molar-refractivity contribution in [1.29, 1.82) is 0 Å². The molecule has 1 unspecified atom stereocenters. The zero-order valence-electron chi connectivity index (χ0n) is 15.4. The number of aryl methyl sites for hydroxylation is 1. The van der Waals surface area contributed by atoms with Gasteiger partial charge < -0.3 is 19.4 Å². The summed E-state index contributed by atoms with van der Waals surface area (Å²) in [4.78, 5) is 36.7. The lowest BCUT2D eigenvalue weighted by Gasteiger charge is -2.17. The van der Waals surface area contributed by atoms with Gasteiger partial charge in [-0.3, -0.25) is 9.59 Å². The fourth-order valence-corrected chi connectivity index (χ4v) is 3.08. The van der Waals surface area contributed by atoms with Crippen molar-refractivity contribution in [2.24, 2.45) is 0 Å². The van der Waals surface area contributed by atoms with Crippen LogP contribution >= 0.6 is 0 Å². The normalized spacial score (nSPS) is 16.2. The molecule has 2 amide bonds. The van der Waals surface area contributed by atoms with Crippen LogP contribution in [-0.4, -0.2) is 35.9 Å². The van der Waals surface area contributed by atoms with Gasteiger partial charge in [-0.05, 0) is 24.6 Å². The fraction of sp³-hybridized carbons (Fsp3) is 0.350. The molecule has 1 aromatic heterocycles. The molecule has 2 heterocycles. The molecule has 7 heteroatoms. The van der Waals surface area contributed by atoms with E-state index >= 15 is 0 Å². The fourth-order valence-electron chi connectivity index (χ4n) is 3.08. The third kappa shape index (κ3) is 5.20. The first kappa shape index (κ1) is 18.7. The summed E-state index contributed by atoms with van der Waals surface area (Å²) in [5, 5.41) is 2.70. The van der Waals surface area contributed by atoms with Gasteiger partial charge in [0.15, 0.2) is 0 Å². The number of benzene rings is 1. The van der Waals surface area contributed by atoms with Gasteiger partial charge in [-0.25, -0.2) is 4.79 Å². The standard InChI is InChI=1S/C20H22N2O5/c1-13-9-18(11-20(25)26-13)27-17-7-8-22(12-17)19(24)10-15-3-5-16(6-4-15)21-14(2)23/h3-6,9,11,17H,7-8,10,12H2,1-2H3,(H,21,23). The number of nitrogens with zero attached hydrogens (tertiary/aromatic N) is 1. The van der Waals surface area contributed by atoms with Gasteiger partial charge in [-0.1, -0.05) is 12.1 Å². The lowest BCUT2D eigenvalue weighted by Crippen LogP contribution is -2.32. The van der Waals surface area contributed by atoms with Gasteiger partial charge in [0.1, 0.15) is 17.6 Å². The van der Waals surface area contributed by atoms with Crippen molar-refractivity contribution in [2.75, 3.05) is 18.4 Å². The molecule has 1 fully saturated rings. The number of nitrogens with one attached hydrogen (secondary N) is 1. The molecule has 1 aliphatic heterocycles. The molecule has 1 atom stereocenters. The molecule has 1 N–H and O–H groups in total. The number of carbonyl (C=O) groups is 2. The summed E-state index contributed by atoms with van der Waals surface area (Å²) in [5.74, 6) is 0.855. The highest BCUT2D eigenvalue weighted by Crippen LogP contribution is 2.19. The first-order valence-electron chi connectivity index (χ1n) is 8.82. The molecule has 0 bridgehead atoms. The van der Waals surface area contributed by atoms with Crippen LogP contribution in [0.15, 0.2) is 45.6 Å². The average Bonchev–Trinajstić information content (AvgIpc) is 3.04. The quantitative estimate of drug-likeness (QED) is 0.871. The largest absolute Gasteiger partial charge is 0.488 e. The first-order valence-corrected chi connectivity index (χ1v) is 8.82. The van der Waals surface area contributed by atoms with Crippen LogP contribution in [0, 0.1) is 6.92 Å². The minimum Gasteiger partial charge on any atom is -0.488 e. The Morgan fingerprint density at radius 3 is 2.67 bits per heavy atom. The number of amides is 2. The SMILES string of the molecule is CC(=O)Nc1ccc(CC(=O)N2CCC(Oc3cc(C)oc(=O)c3)C2)cc1. The third-order valence-electron chi connectivity index (χ3n) is 4.30. The summed E-state index contributed by atoms with van der Waals surface area (Å²) in [6.07, 6.45) is 0.866. The van der Waals surface area contributed by atoms with Crippen molar-refractivity contribution in [3.8, 4) is 5.75 Å². The molecule has 142 valence electrons. The van der Waals surface area contributed by atoms with Crippen molar-refractivity contribution in [3.63, 3.8) is 0 Å². The molecule has 1 aliphatic rings. The highest BCUT2D eigenvalue weighted by atomic mass is 16.5. The van der Waals surface area contributed by atoms with Gasteiger partial charge in [-0.15, -0.1) is 0 Å². The minimum atomic E-state index is -0.446. The molecular formula is C20H22N2O5. The predicted molar refractivity (Wildman–Crippen MR) is 99.8 cm³/mol. The summed E-state index contributed by atoms with van der Waals surface area (Å²) in [6.45, 7) is 4.25. The van der Waals surface area contributed by atoms with Gasteiger partial charge in [0.2, 0.25) is 11.8 Å².